The summed E-state index contributed by atoms with van der Waals surface area (Å²) in [6.45, 7) is 0.980. The minimum Gasteiger partial charge on any atom is -0.356 e. The van der Waals surface area contributed by atoms with E-state index in [-0.39, 0.29) is 30.7 Å². The lowest BCUT2D eigenvalue weighted by atomic mass is 10.0. The van der Waals surface area contributed by atoms with Crippen molar-refractivity contribution >= 4 is 11.8 Å². The Kier molecular flexibility index (Phi) is 6.90. The van der Waals surface area contributed by atoms with Crippen molar-refractivity contribution in [3.63, 3.8) is 0 Å². The van der Waals surface area contributed by atoms with Gasteiger partial charge in [0.05, 0.1) is 11.1 Å². The first-order valence-electron chi connectivity index (χ1n) is 12.1. The van der Waals surface area contributed by atoms with Gasteiger partial charge in [-0.05, 0) is 83.8 Å². The molecule has 2 fully saturated rings. The molecule has 7 nitrogen and oxygen atoms in total. The number of hydrogen-bond acceptors (Lipinski definition) is 6. The molecule has 0 unspecified atom stereocenters. The van der Waals surface area contributed by atoms with E-state index in [9.17, 15) is 30.7 Å². The van der Waals surface area contributed by atoms with Gasteiger partial charge in [-0.25, -0.2) is 10.1 Å². The molecule has 5 rings (SSSR count). The minimum absolute atomic E-state index is 0.0298. The molecule has 0 radical (unpaired) electrons. The van der Waals surface area contributed by atoms with Crippen LogP contribution in [0.3, 0.4) is 0 Å². The summed E-state index contributed by atoms with van der Waals surface area (Å²) < 4.78 is 94.8. The van der Waals surface area contributed by atoms with Gasteiger partial charge in [0.1, 0.15) is 5.82 Å². The number of aromatic amines is 1. The summed E-state index contributed by atoms with van der Waals surface area (Å²) in [5.74, 6) is 0.712. The second kappa shape index (κ2) is 10.0. The molecule has 38 heavy (non-hydrogen) atoms. The van der Waals surface area contributed by atoms with Gasteiger partial charge in [-0.3, -0.25) is 0 Å². The van der Waals surface area contributed by atoms with Crippen LogP contribution < -0.4 is 9.80 Å². The summed E-state index contributed by atoms with van der Waals surface area (Å²) in [7, 11) is 0. The average Bonchev–Trinajstić information content (AvgIpc) is 3.78. The van der Waals surface area contributed by atoms with Crippen LogP contribution in [0.5, 0.6) is 0 Å². The number of H-pyrrole nitrogens is 1. The van der Waals surface area contributed by atoms with Crippen LogP contribution in [0.1, 0.15) is 47.9 Å². The van der Waals surface area contributed by atoms with Gasteiger partial charge in [0.2, 0.25) is 11.9 Å². The molecule has 1 aromatic carbocycles. The van der Waals surface area contributed by atoms with Crippen molar-refractivity contribution in [1.29, 1.82) is 0 Å². The normalized spacial score (nSPS) is 16.1. The van der Waals surface area contributed by atoms with E-state index in [1.54, 1.807) is 0 Å². The monoisotopic (exact) mass is 543 g/mol. The van der Waals surface area contributed by atoms with Gasteiger partial charge in [-0.1, -0.05) is 5.10 Å². The second-order valence-corrected chi connectivity index (χ2v) is 9.90. The highest BCUT2D eigenvalue weighted by Crippen LogP contribution is 2.38. The number of benzene rings is 1. The highest BCUT2D eigenvalue weighted by molar-refractivity contribution is 5.50. The quantitative estimate of drug-likeness (QED) is 0.265. The Bertz CT molecular complexity index is 1210. The zero-order chi connectivity index (χ0) is 27.1. The number of halogens is 7. The Hall–Kier alpha value is -3.45. The summed E-state index contributed by atoms with van der Waals surface area (Å²) in [6, 6.07) is 4.12. The van der Waals surface area contributed by atoms with Crippen molar-refractivity contribution in [2.75, 3.05) is 22.9 Å². The van der Waals surface area contributed by atoms with Crippen molar-refractivity contribution in [1.82, 2.24) is 25.6 Å². The average molecular weight is 543 g/mol. The molecule has 0 saturated heterocycles. The first-order chi connectivity index (χ1) is 18.0. The Balaban J connectivity index is 1.49. The minimum atomic E-state index is -4.98. The van der Waals surface area contributed by atoms with Crippen LogP contribution in [0.2, 0.25) is 0 Å². The number of alkyl halides is 6. The van der Waals surface area contributed by atoms with Gasteiger partial charge >= 0.3 is 12.4 Å². The Morgan fingerprint density at radius 3 is 1.92 bits per heavy atom. The predicted molar refractivity (Wildman–Crippen MR) is 122 cm³/mol. The Morgan fingerprint density at radius 2 is 1.42 bits per heavy atom. The van der Waals surface area contributed by atoms with Crippen LogP contribution in [0.25, 0.3) is 0 Å². The first kappa shape index (κ1) is 26.2. The van der Waals surface area contributed by atoms with Crippen molar-refractivity contribution < 1.29 is 30.7 Å². The maximum absolute atomic E-state index is 14.3. The zero-order valence-electron chi connectivity index (χ0n) is 20.0. The third-order valence-corrected chi connectivity index (χ3v) is 6.59. The van der Waals surface area contributed by atoms with E-state index in [0.717, 1.165) is 25.7 Å². The van der Waals surface area contributed by atoms with Crippen LogP contribution in [0.15, 0.2) is 30.3 Å². The van der Waals surface area contributed by atoms with E-state index < -0.39 is 29.4 Å². The zero-order valence-corrected chi connectivity index (χ0v) is 20.0. The fourth-order valence-corrected chi connectivity index (χ4v) is 4.35. The van der Waals surface area contributed by atoms with Gasteiger partial charge in [0.15, 0.2) is 0 Å². The smallest absolute Gasteiger partial charge is 0.356 e. The largest absolute Gasteiger partial charge is 0.416 e. The predicted octanol–water partition coefficient (Wildman–Crippen LogP) is 5.60. The number of nitrogens with one attached hydrogen (secondary N) is 1. The molecule has 0 spiro atoms. The molecule has 0 aliphatic heterocycles. The van der Waals surface area contributed by atoms with E-state index in [4.69, 9.17) is 0 Å². The topological polar surface area (TPSA) is 73.8 Å². The number of aromatic nitrogens is 5. The van der Waals surface area contributed by atoms with Gasteiger partial charge in [0, 0.05) is 31.7 Å². The van der Waals surface area contributed by atoms with E-state index in [1.807, 2.05) is 4.90 Å². The summed E-state index contributed by atoms with van der Waals surface area (Å²) in [5.41, 5.74) is -2.52. The summed E-state index contributed by atoms with van der Waals surface area (Å²) in [5, 5.41) is 13.3. The summed E-state index contributed by atoms with van der Waals surface area (Å²) >= 11 is 0. The van der Waals surface area contributed by atoms with Crippen molar-refractivity contribution in [3.05, 3.63) is 58.5 Å². The van der Waals surface area contributed by atoms with Crippen molar-refractivity contribution in [3.8, 4) is 0 Å². The molecule has 2 aliphatic rings. The van der Waals surface area contributed by atoms with Gasteiger partial charge < -0.3 is 9.80 Å². The molecule has 0 bridgehead atoms. The fourth-order valence-electron chi connectivity index (χ4n) is 4.35. The molecular formula is C24H24F7N7. The molecule has 0 atom stereocenters. The molecule has 1 N–H and O–H groups in total. The van der Waals surface area contributed by atoms with Crippen LogP contribution in [0.4, 0.5) is 42.5 Å². The molecule has 204 valence electrons. The molecule has 2 saturated carbocycles. The van der Waals surface area contributed by atoms with E-state index in [0.29, 0.717) is 48.4 Å². The van der Waals surface area contributed by atoms with Crippen LogP contribution in [-0.4, -0.2) is 38.7 Å². The number of hydrogen-bond donors (Lipinski definition) is 1. The number of tetrazole rings is 1. The third kappa shape index (κ3) is 6.51. The van der Waals surface area contributed by atoms with Crippen LogP contribution in [0, 0.1) is 17.8 Å². The number of rotatable bonds is 10. The number of pyridine rings is 1. The lowest BCUT2D eigenvalue weighted by molar-refractivity contribution is -0.143. The van der Waals surface area contributed by atoms with E-state index in [2.05, 4.69) is 25.6 Å². The van der Waals surface area contributed by atoms with Gasteiger partial charge in [-0.15, -0.1) is 0 Å². The van der Waals surface area contributed by atoms with Gasteiger partial charge in [0.25, 0.3) is 0 Å². The summed E-state index contributed by atoms with van der Waals surface area (Å²) in [6.07, 6.45) is -5.68. The number of nitrogens with zero attached hydrogens (tertiary/aromatic N) is 6. The molecule has 2 aliphatic carbocycles. The van der Waals surface area contributed by atoms with E-state index in [1.165, 1.54) is 17.0 Å². The second-order valence-electron chi connectivity index (χ2n) is 9.90. The van der Waals surface area contributed by atoms with Crippen LogP contribution in [-0.2, 0) is 25.4 Å². The van der Waals surface area contributed by atoms with E-state index >= 15 is 0 Å². The highest BCUT2D eigenvalue weighted by atomic mass is 19.4. The highest BCUT2D eigenvalue weighted by Gasteiger charge is 2.37. The molecule has 3 aromatic rings. The van der Waals surface area contributed by atoms with Gasteiger partial charge in [-0.2, -0.15) is 30.7 Å². The summed E-state index contributed by atoms with van der Waals surface area (Å²) in [4.78, 5) is 7.58. The lowest BCUT2D eigenvalue weighted by Crippen LogP contribution is -2.32. The lowest BCUT2D eigenvalue weighted by Gasteiger charge is -2.29. The molecule has 2 heterocycles. The van der Waals surface area contributed by atoms with Crippen LogP contribution >= 0.6 is 0 Å². The third-order valence-electron chi connectivity index (χ3n) is 6.59. The molecule has 2 aromatic heterocycles. The molecule has 0 amide bonds. The molecular weight excluding hydrogens is 519 g/mol. The number of anilines is 2. The SMILES string of the molecule is Fc1ccc(CN(Cc2cc(C(F)(F)F)cc(C(F)(F)F)c2)c2nnn[nH]2)c(N(CC2CC2)CC2CC2)n1. The standard InChI is InChI=1S/C24H24F7N7/c25-20-6-5-17(21(32-20)37(10-14-1-2-14)11-15-3-4-15)13-38(22-33-35-36-34-22)12-16-7-18(23(26,27)28)9-19(8-16)24(29,30)31/h5-9,14-15H,1-4,10-13H2,(H,33,34,35,36). The van der Waals surface area contributed by atoms with Crippen molar-refractivity contribution in [2.45, 2.75) is 51.1 Å². The van der Waals surface area contributed by atoms with Crippen molar-refractivity contribution in [2.24, 2.45) is 11.8 Å². The Morgan fingerprint density at radius 1 is 0.816 bits per heavy atom. The maximum atomic E-state index is 14.3. The molecule has 14 heteroatoms. The Labute approximate surface area is 213 Å². The first-order valence-corrected chi connectivity index (χ1v) is 12.1. The fraction of sp³-hybridized carbons (Fsp3) is 0.500. The maximum Gasteiger partial charge on any atom is 0.416 e.